The third kappa shape index (κ3) is 4.50. The first kappa shape index (κ1) is 15.4. The van der Waals surface area contributed by atoms with Gasteiger partial charge in [0.2, 0.25) is 0 Å². The van der Waals surface area contributed by atoms with Crippen LogP contribution < -0.4 is 4.74 Å². The van der Waals surface area contributed by atoms with Crippen LogP contribution in [0, 0.1) is 0 Å². The molecule has 0 aliphatic rings. The fourth-order valence-corrected chi connectivity index (χ4v) is 2.14. The Morgan fingerprint density at radius 2 is 1.86 bits per heavy atom. The summed E-state index contributed by atoms with van der Waals surface area (Å²) in [5.41, 5.74) is 2.12. The van der Waals surface area contributed by atoms with E-state index in [9.17, 15) is 4.79 Å². The molecule has 0 aliphatic carbocycles. The minimum atomic E-state index is -0.269. The summed E-state index contributed by atoms with van der Waals surface area (Å²) >= 11 is 6.21. The standard InChI is InChI=1S/C17H17ClO3/c1-2-20-17(19)10-11-21-16-9-8-14(12-15(16)18)13-6-4-3-5-7-13/h3-9,12H,2,10-11H2,1H3. The van der Waals surface area contributed by atoms with E-state index in [1.54, 1.807) is 6.92 Å². The third-order valence-corrected chi connectivity index (χ3v) is 3.20. The van der Waals surface area contributed by atoms with Gasteiger partial charge in [-0.1, -0.05) is 48.0 Å². The van der Waals surface area contributed by atoms with Crippen LogP contribution in [0.3, 0.4) is 0 Å². The maximum atomic E-state index is 11.2. The molecule has 0 atom stereocenters. The first-order valence-electron chi connectivity index (χ1n) is 6.84. The number of carbonyl (C=O) groups excluding carboxylic acids is 1. The summed E-state index contributed by atoms with van der Waals surface area (Å²) in [4.78, 5) is 11.2. The molecular weight excluding hydrogens is 288 g/mol. The first-order valence-corrected chi connectivity index (χ1v) is 7.22. The van der Waals surface area contributed by atoms with Crippen molar-refractivity contribution >= 4 is 17.6 Å². The largest absolute Gasteiger partial charge is 0.491 e. The highest BCUT2D eigenvalue weighted by molar-refractivity contribution is 6.32. The van der Waals surface area contributed by atoms with Gasteiger partial charge in [0.15, 0.2) is 0 Å². The van der Waals surface area contributed by atoms with Crippen LogP contribution in [0.25, 0.3) is 11.1 Å². The van der Waals surface area contributed by atoms with Gasteiger partial charge in [0.05, 0.1) is 24.7 Å². The van der Waals surface area contributed by atoms with Crippen molar-refractivity contribution in [2.45, 2.75) is 13.3 Å². The van der Waals surface area contributed by atoms with Gasteiger partial charge in [0.25, 0.3) is 0 Å². The molecule has 4 heteroatoms. The fraction of sp³-hybridized carbons (Fsp3) is 0.235. The first-order chi connectivity index (χ1) is 10.2. The second-order valence-corrected chi connectivity index (χ2v) is 4.82. The summed E-state index contributed by atoms with van der Waals surface area (Å²) in [7, 11) is 0. The van der Waals surface area contributed by atoms with Crippen molar-refractivity contribution in [2.75, 3.05) is 13.2 Å². The van der Waals surface area contributed by atoms with Crippen LogP contribution in [0.15, 0.2) is 48.5 Å². The lowest BCUT2D eigenvalue weighted by molar-refractivity contribution is -0.143. The number of carbonyl (C=O) groups is 1. The Kier molecular flexibility index (Phi) is 5.64. The molecular formula is C17H17ClO3. The molecule has 0 fully saturated rings. The molecule has 2 aromatic carbocycles. The Morgan fingerprint density at radius 3 is 2.52 bits per heavy atom. The predicted octanol–water partition coefficient (Wildman–Crippen LogP) is 4.34. The van der Waals surface area contributed by atoms with Gasteiger partial charge in [0.1, 0.15) is 5.75 Å². The summed E-state index contributed by atoms with van der Waals surface area (Å²) in [5.74, 6) is 0.301. The molecule has 0 radical (unpaired) electrons. The molecule has 3 nitrogen and oxygen atoms in total. The van der Waals surface area contributed by atoms with Gasteiger partial charge in [-0.3, -0.25) is 4.79 Å². The van der Waals surface area contributed by atoms with E-state index in [-0.39, 0.29) is 19.0 Å². The SMILES string of the molecule is CCOC(=O)CCOc1ccc(-c2ccccc2)cc1Cl. The molecule has 2 rings (SSSR count). The van der Waals surface area contributed by atoms with Gasteiger partial charge in [0, 0.05) is 0 Å². The van der Waals surface area contributed by atoms with E-state index in [0.717, 1.165) is 11.1 Å². The number of esters is 1. The monoisotopic (exact) mass is 304 g/mol. The summed E-state index contributed by atoms with van der Waals surface area (Å²) < 4.78 is 10.3. The normalized spacial score (nSPS) is 10.2. The van der Waals surface area contributed by atoms with E-state index in [1.165, 1.54) is 0 Å². The molecule has 0 aliphatic heterocycles. The summed E-state index contributed by atoms with van der Waals surface area (Å²) in [6, 6.07) is 15.6. The van der Waals surface area contributed by atoms with Crippen molar-refractivity contribution in [3.05, 3.63) is 53.6 Å². The van der Waals surface area contributed by atoms with Crippen molar-refractivity contribution in [1.29, 1.82) is 0 Å². The van der Waals surface area contributed by atoms with Crippen LogP contribution in [0.4, 0.5) is 0 Å². The van der Waals surface area contributed by atoms with Gasteiger partial charge < -0.3 is 9.47 Å². The van der Waals surface area contributed by atoms with Crippen LogP contribution in [0.1, 0.15) is 13.3 Å². The van der Waals surface area contributed by atoms with Gasteiger partial charge in [-0.05, 0) is 30.2 Å². The Labute approximate surface area is 129 Å². The van der Waals surface area contributed by atoms with E-state index in [2.05, 4.69) is 0 Å². The molecule has 0 N–H and O–H groups in total. The van der Waals surface area contributed by atoms with Crippen molar-refractivity contribution in [2.24, 2.45) is 0 Å². The molecule has 0 bridgehead atoms. The Bertz CT molecular complexity index is 596. The zero-order valence-electron chi connectivity index (χ0n) is 11.8. The average Bonchev–Trinajstić information content (AvgIpc) is 2.50. The second-order valence-electron chi connectivity index (χ2n) is 4.41. The number of benzene rings is 2. The molecule has 0 amide bonds. The molecule has 0 aromatic heterocycles. The van der Waals surface area contributed by atoms with Crippen LogP contribution in [-0.2, 0) is 9.53 Å². The average molecular weight is 305 g/mol. The van der Waals surface area contributed by atoms with Crippen molar-refractivity contribution in [1.82, 2.24) is 0 Å². The predicted molar refractivity (Wildman–Crippen MR) is 83.6 cm³/mol. The van der Waals surface area contributed by atoms with Crippen LogP contribution in [0.2, 0.25) is 5.02 Å². The smallest absolute Gasteiger partial charge is 0.309 e. The highest BCUT2D eigenvalue weighted by Crippen LogP contribution is 2.30. The van der Waals surface area contributed by atoms with E-state index in [0.29, 0.717) is 17.4 Å². The Balaban J connectivity index is 1.98. The molecule has 110 valence electrons. The summed E-state index contributed by atoms with van der Waals surface area (Å²) in [6.07, 6.45) is 0.213. The molecule has 0 saturated carbocycles. The topological polar surface area (TPSA) is 35.5 Å². The van der Waals surface area contributed by atoms with Gasteiger partial charge in [-0.2, -0.15) is 0 Å². The zero-order chi connectivity index (χ0) is 15.1. The number of ether oxygens (including phenoxy) is 2. The fourth-order valence-electron chi connectivity index (χ4n) is 1.91. The van der Waals surface area contributed by atoms with E-state index in [4.69, 9.17) is 21.1 Å². The number of rotatable bonds is 6. The maximum absolute atomic E-state index is 11.2. The molecule has 0 saturated heterocycles. The van der Waals surface area contributed by atoms with Gasteiger partial charge >= 0.3 is 5.97 Å². The minimum Gasteiger partial charge on any atom is -0.491 e. The van der Waals surface area contributed by atoms with Crippen molar-refractivity contribution < 1.29 is 14.3 Å². The number of halogens is 1. The number of hydrogen-bond donors (Lipinski definition) is 0. The molecule has 21 heavy (non-hydrogen) atoms. The zero-order valence-corrected chi connectivity index (χ0v) is 12.6. The van der Waals surface area contributed by atoms with Crippen LogP contribution in [-0.4, -0.2) is 19.2 Å². The van der Waals surface area contributed by atoms with Gasteiger partial charge in [-0.15, -0.1) is 0 Å². The second kappa shape index (κ2) is 7.70. The number of hydrogen-bond acceptors (Lipinski definition) is 3. The lowest BCUT2D eigenvalue weighted by Gasteiger charge is -2.09. The minimum absolute atomic E-state index is 0.213. The highest BCUT2D eigenvalue weighted by Gasteiger charge is 2.07. The quantitative estimate of drug-likeness (QED) is 0.745. The third-order valence-electron chi connectivity index (χ3n) is 2.91. The van der Waals surface area contributed by atoms with Crippen LogP contribution >= 0.6 is 11.6 Å². The van der Waals surface area contributed by atoms with E-state index in [1.807, 2.05) is 48.5 Å². The maximum Gasteiger partial charge on any atom is 0.309 e. The Hall–Kier alpha value is -2.00. The van der Waals surface area contributed by atoms with Gasteiger partial charge in [-0.25, -0.2) is 0 Å². The molecule has 0 spiro atoms. The molecule has 0 unspecified atom stereocenters. The summed E-state index contributed by atoms with van der Waals surface area (Å²) in [5, 5.41) is 0.528. The van der Waals surface area contributed by atoms with E-state index >= 15 is 0 Å². The molecule has 2 aromatic rings. The highest BCUT2D eigenvalue weighted by atomic mass is 35.5. The summed E-state index contributed by atoms with van der Waals surface area (Å²) in [6.45, 7) is 2.41. The van der Waals surface area contributed by atoms with E-state index < -0.39 is 0 Å². The van der Waals surface area contributed by atoms with Crippen LogP contribution in [0.5, 0.6) is 5.75 Å². The Morgan fingerprint density at radius 1 is 1.10 bits per heavy atom. The van der Waals surface area contributed by atoms with Crippen molar-refractivity contribution in [3.63, 3.8) is 0 Å². The van der Waals surface area contributed by atoms with Crippen molar-refractivity contribution in [3.8, 4) is 16.9 Å². The lowest BCUT2D eigenvalue weighted by atomic mass is 10.1. The lowest BCUT2D eigenvalue weighted by Crippen LogP contribution is -2.09. The molecule has 0 heterocycles.